The van der Waals surface area contributed by atoms with Gasteiger partial charge in [-0.05, 0) is 19.1 Å². The van der Waals surface area contributed by atoms with Crippen molar-refractivity contribution in [2.24, 2.45) is 0 Å². The van der Waals surface area contributed by atoms with Crippen molar-refractivity contribution in [3.8, 4) is 0 Å². The Hall–Kier alpha value is -0.260. The summed E-state index contributed by atoms with van der Waals surface area (Å²) >= 11 is 1.85. The summed E-state index contributed by atoms with van der Waals surface area (Å²) in [4.78, 5) is 11.9. The van der Waals surface area contributed by atoms with Gasteiger partial charge >= 0.3 is 0 Å². The predicted molar refractivity (Wildman–Crippen MR) is 77.1 cm³/mol. The molecule has 1 heterocycles. The van der Waals surface area contributed by atoms with Crippen molar-refractivity contribution in [2.75, 3.05) is 32.5 Å². The van der Waals surface area contributed by atoms with Crippen molar-refractivity contribution in [1.29, 1.82) is 0 Å². The summed E-state index contributed by atoms with van der Waals surface area (Å²) in [5.41, 5.74) is 0. The number of hydrogen-bond acceptors (Lipinski definition) is 4. The standard InChI is InChI=1S/C13H26N2O2S/c1-4-13(5-2,18-3)10-15-12(16)8-11-9-14-6-7-17-11/h11,14H,4-10H2,1-3H3,(H,15,16). The molecule has 1 rings (SSSR count). The number of hydrogen-bond donors (Lipinski definition) is 2. The molecule has 0 aromatic rings. The second-order valence-corrected chi connectivity index (χ2v) is 6.05. The molecule has 0 spiro atoms. The van der Waals surface area contributed by atoms with Gasteiger partial charge in [-0.3, -0.25) is 4.79 Å². The van der Waals surface area contributed by atoms with Gasteiger partial charge in [-0.2, -0.15) is 11.8 Å². The zero-order chi connectivity index (χ0) is 13.4. The third-order valence-electron chi connectivity index (χ3n) is 3.75. The molecule has 1 aliphatic heterocycles. The van der Waals surface area contributed by atoms with E-state index in [0.29, 0.717) is 13.0 Å². The second kappa shape index (κ2) is 8.02. The fraction of sp³-hybridized carbons (Fsp3) is 0.923. The highest BCUT2D eigenvalue weighted by atomic mass is 32.2. The molecule has 0 saturated carbocycles. The van der Waals surface area contributed by atoms with Gasteiger partial charge in [0.05, 0.1) is 19.1 Å². The number of morpholine rings is 1. The van der Waals surface area contributed by atoms with Crippen molar-refractivity contribution >= 4 is 17.7 Å². The van der Waals surface area contributed by atoms with Crippen molar-refractivity contribution in [2.45, 2.75) is 44.0 Å². The van der Waals surface area contributed by atoms with E-state index >= 15 is 0 Å². The van der Waals surface area contributed by atoms with Crippen LogP contribution in [0.25, 0.3) is 0 Å². The van der Waals surface area contributed by atoms with Crippen molar-refractivity contribution < 1.29 is 9.53 Å². The number of ether oxygens (including phenoxy) is 1. The summed E-state index contributed by atoms with van der Waals surface area (Å²) in [5.74, 6) is 0.101. The smallest absolute Gasteiger partial charge is 0.222 e. The molecule has 1 amide bonds. The van der Waals surface area contributed by atoms with Gasteiger partial charge in [0.1, 0.15) is 0 Å². The van der Waals surface area contributed by atoms with Crippen molar-refractivity contribution in [3.63, 3.8) is 0 Å². The van der Waals surface area contributed by atoms with Gasteiger partial charge in [-0.25, -0.2) is 0 Å². The second-order valence-electron chi connectivity index (χ2n) is 4.77. The summed E-state index contributed by atoms with van der Waals surface area (Å²) in [5, 5.41) is 6.29. The van der Waals surface area contributed by atoms with Gasteiger partial charge in [-0.1, -0.05) is 13.8 Å². The van der Waals surface area contributed by atoms with Crippen LogP contribution in [0.15, 0.2) is 0 Å². The summed E-state index contributed by atoms with van der Waals surface area (Å²) in [6, 6.07) is 0. The van der Waals surface area contributed by atoms with Crippen LogP contribution in [0.2, 0.25) is 0 Å². The molecule has 0 aromatic carbocycles. The molecule has 0 aromatic heterocycles. The topological polar surface area (TPSA) is 50.4 Å². The normalized spacial score (nSPS) is 20.7. The number of carbonyl (C=O) groups is 1. The molecule has 1 saturated heterocycles. The van der Waals surface area contributed by atoms with Crippen LogP contribution < -0.4 is 10.6 Å². The summed E-state index contributed by atoms with van der Waals surface area (Å²) < 4.78 is 5.71. The monoisotopic (exact) mass is 274 g/mol. The van der Waals surface area contributed by atoms with Gasteiger partial charge in [0.15, 0.2) is 0 Å². The van der Waals surface area contributed by atoms with Crippen LogP contribution in [0, 0.1) is 0 Å². The predicted octanol–water partition coefficient (Wildman–Crippen LogP) is 1.40. The lowest BCUT2D eigenvalue weighted by molar-refractivity contribution is -0.124. The molecule has 0 radical (unpaired) electrons. The van der Waals surface area contributed by atoms with E-state index in [4.69, 9.17) is 4.74 Å². The van der Waals surface area contributed by atoms with E-state index in [1.165, 1.54) is 0 Å². The zero-order valence-electron chi connectivity index (χ0n) is 11.8. The third-order valence-corrected chi connectivity index (χ3v) is 5.33. The quantitative estimate of drug-likeness (QED) is 0.737. The maximum atomic E-state index is 11.9. The first kappa shape index (κ1) is 15.8. The third kappa shape index (κ3) is 4.78. The molecule has 1 unspecified atom stereocenters. The molecule has 4 nitrogen and oxygen atoms in total. The van der Waals surface area contributed by atoms with E-state index in [9.17, 15) is 4.79 Å². The molecule has 18 heavy (non-hydrogen) atoms. The SMILES string of the molecule is CCC(CC)(CNC(=O)CC1CNCCO1)SC. The Morgan fingerprint density at radius 1 is 1.50 bits per heavy atom. The number of amides is 1. The van der Waals surface area contributed by atoms with Crippen LogP contribution in [-0.2, 0) is 9.53 Å². The lowest BCUT2D eigenvalue weighted by Gasteiger charge is -2.30. The molecular formula is C13H26N2O2S. The Balaban J connectivity index is 2.30. The fourth-order valence-corrected chi connectivity index (χ4v) is 2.94. The zero-order valence-corrected chi connectivity index (χ0v) is 12.6. The van der Waals surface area contributed by atoms with Gasteiger partial charge in [0, 0.05) is 24.4 Å². The summed E-state index contributed by atoms with van der Waals surface area (Å²) in [7, 11) is 0. The average molecular weight is 274 g/mol. The minimum atomic E-state index is 0.0330. The summed E-state index contributed by atoms with van der Waals surface area (Å²) in [6.45, 7) is 7.49. The molecule has 1 atom stereocenters. The van der Waals surface area contributed by atoms with Crippen molar-refractivity contribution in [3.05, 3.63) is 0 Å². The first-order chi connectivity index (χ1) is 8.65. The number of nitrogens with one attached hydrogen (secondary N) is 2. The molecule has 0 aliphatic carbocycles. The van der Waals surface area contributed by atoms with Gasteiger partial charge in [0.2, 0.25) is 5.91 Å². The van der Waals surface area contributed by atoms with Gasteiger partial charge in [0.25, 0.3) is 0 Å². The number of rotatable bonds is 7. The fourth-order valence-electron chi connectivity index (χ4n) is 2.15. The van der Waals surface area contributed by atoms with Gasteiger partial charge < -0.3 is 15.4 Å². The van der Waals surface area contributed by atoms with Crippen LogP contribution >= 0.6 is 11.8 Å². The van der Waals surface area contributed by atoms with Crippen LogP contribution in [-0.4, -0.2) is 49.3 Å². The molecule has 0 bridgehead atoms. The van der Waals surface area contributed by atoms with Crippen LogP contribution in [0.3, 0.4) is 0 Å². The Morgan fingerprint density at radius 3 is 2.72 bits per heavy atom. The maximum absolute atomic E-state index is 11.9. The minimum Gasteiger partial charge on any atom is -0.375 e. The summed E-state index contributed by atoms with van der Waals surface area (Å²) in [6.07, 6.45) is 4.77. The molecular weight excluding hydrogens is 248 g/mol. The largest absolute Gasteiger partial charge is 0.375 e. The Kier molecular flexibility index (Phi) is 7.04. The highest BCUT2D eigenvalue weighted by molar-refractivity contribution is 8.00. The molecule has 5 heteroatoms. The number of carbonyl (C=O) groups excluding carboxylic acids is 1. The van der Waals surface area contributed by atoms with Crippen LogP contribution in [0.1, 0.15) is 33.1 Å². The Morgan fingerprint density at radius 2 is 2.22 bits per heavy atom. The van der Waals surface area contributed by atoms with Gasteiger partial charge in [-0.15, -0.1) is 0 Å². The van der Waals surface area contributed by atoms with E-state index in [1.807, 2.05) is 11.8 Å². The van der Waals surface area contributed by atoms with Crippen molar-refractivity contribution in [1.82, 2.24) is 10.6 Å². The van der Waals surface area contributed by atoms with E-state index in [2.05, 4.69) is 30.7 Å². The lowest BCUT2D eigenvalue weighted by Crippen LogP contribution is -2.44. The lowest BCUT2D eigenvalue weighted by atomic mass is 10.0. The maximum Gasteiger partial charge on any atom is 0.222 e. The first-order valence-electron chi connectivity index (χ1n) is 6.80. The number of thioether (sulfide) groups is 1. The highest BCUT2D eigenvalue weighted by Crippen LogP contribution is 2.29. The van der Waals surface area contributed by atoms with E-state index in [1.54, 1.807) is 0 Å². The van der Waals surface area contributed by atoms with E-state index in [-0.39, 0.29) is 16.8 Å². The molecule has 106 valence electrons. The van der Waals surface area contributed by atoms with Crippen LogP contribution in [0.5, 0.6) is 0 Å². The Bertz CT molecular complexity index is 243. The first-order valence-corrected chi connectivity index (χ1v) is 8.02. The van der Waals surface area contributed by atoms with E-state index < -0.39 is 0 Å². The average Bonchev–Trinajstić information content (AvgIpc) is 2.42. The van der Waals surface area contributed by atoms with E-state index in [0.717, 1.165) is 32.5 Å². The minimum absolute atomic E-state index is 0.0330. The molecule has 1 fully saturated rings. The Labute approximate surface area is 115 Å². The molecule has 2 N–H and O–H groups in total. The van der Waals surface area contributed by atoms with Crippen LogP contribution in [0.4, 0.5) is 0 Å². The highest BCUT2D eigenvalue weighted by Gasteiger charge is 2.26. The molecule has 1 aliphatic rings.